The van der Waals surface area contributed by atoms with Crippen molar-refractivity contribution in [1.29, 1.82) is 0 Å². The maximum atomic E-state index is 11.8. The summed E-state index contributed by atoms with van der Waals surface area (Å²) in [6.07, 6.45) is 3.47. The fourth-order valence-electron chi connectivity index (χ4n) is 2.07. The molecule has 80 valence electrons. The SMILES string of the molecule is CNCCC1CN(C2CC2)C(=O)N1C. The van der Waals surface area contributed by atoms with Gasteiger partial charge in [0.25, 0.3) is 0 Å². The highest BCUT2D eigenvalue weighted by atomic mass is 16.2. The first-order valence-corrected chi connectivity index (χ1v) is 5.42. The van der Waals surface area contributed by atoms with Crippen molar-refractivity contribution < 1.29 is 4.79 Å². The Balaban J connectivity index is 1.90. The van der Waals surface area contributed by atoms with Crippen molar-refractivity contribution in [3.05, 3.63) is 0 Å². The Kier molecular flexibility index (Phi) is 2.63. The van der Waals surface area contributed by atoms with Crippen LogP contribution in [0.1, 0.15) is 19.3 Å². The maximum Gasteiger partial charge on any atom is 0.320 e. The standard InChI is InChI=1S/C10H19N3O/c1-11-6-5-9-7-13(8-3-4-8)10(14)12(9)2/h8-9,11H,3-7H2,1-2H3. The van der Waals surface area contributed by atoms with E-state index in [-0.39, 0.29) is 6.03 Å². The van der Waals surface area contributed by atoms with Crippen LogP contribution in [0.4, 0.5) is 4.79 Å². The number of likely N-dealkylation sites (N-methyl/N-ethyl adjacent to an activating group) is 1. The molecule has 1 saturated carbocycles. The molecule has 1 aliphatic heterocycles. The minimum atomic E-state index is 0.230. The quantitative estimate of drug-likeness (QED) is 0.712. The average Bonchev–Trinajstić information content (AvgIpc) is 2.96. The highest BCUT2D eigenvalue weighted by Gasteiger charge is 2.41. The van der Waals surface area contributed by atoms with E-state index in [0.717, 1.165) is 19.5 Å². The van der Waals surface area contributed by atoms with E-state index in [4.69, 9.17) is 0 Å². The first kappa shape index (κ1) is 9.77. The molecule has 4 heteroatoms. The zero-order chi connectivity index (χ0) is 10.1. The van der Waals surface area contributed by atoms with E-state index in [1.165, 1.54) is 12.8 Å². The minimum absolute atomic E-state index is 0.230. The fraction of sp³-hybridized carbons (Fsp3) is 0.900. The topological polar surface area (TPSA) is 35.6 Å². The lowest BCUT2D eigenvalue weighted by Gasteiger charge is -2.17. The van der Waals surface area contributed by atoms with Crippen LogP contribution in [0.15, 0.2) is 0 Å². The molecule has 14 heavy (non-hydrogen) atoms. The number of hydrogen-bond donors (Lipinski definition) is 1. The molecule has 1 saturated heterocycles. The predicted molar refractivity (Wildman–Crippen MR) is 55.2 cm³/mol. The normalized spacial score (nSPS) is 27.6. The minimum Gasteiger partial charge on any atom is -0.323 e. The summed E-state index contributed by atoms with van der Waals surface area (Å²) in [4.78, 5) is 15.7. The van der Waals surface area contributed by atoms with Gasteiger partial charge in [0.05, 0.1) is 6.04 Å². The number of nitrogens with zero attached hydrogens (tertiary/aromatic N) is 2. The van der Waals surface area contributed by atoms with Crippen LogP contribution in [-0.4, -0.2) is 55.1 Å². The van der Waals surface area contributed by atoms with E-state index in [1.54, 1.807) is 0 Å². The fourth-order valence-corrected chi connectivity index (χ4v) is 2.07. The molecule has 0 aromatic rings. The Labute approximate surface area is 85.2 Å². The van der Waals surface area contributed by atoms with Crippen LogP contribution in [0.25, 0.3) is 0 Å². The molecule has 0 aromatic carbocycles. The maximum absolute atomic E-state index is 11.8. The van der Waals surface area contributed by atoms with Crippen LogP contribution < -0.4 is 5.32 Å². The Bertz CT molecular complexity index is 227. The third-order valence-electron chi connectivity index (χ3n) is 3.22. The molecule has 4 nitrogen and oxygen atoms in total. The summed E-state index contributed by atoms with van der Waals surface area (Å²) in [7, 11) is 3.88. The van der Waals surface area contributed by atoms with Gasteiger partial charge in [0.2, 0.25) is 0 Å². The molecule has 0 bridgehead atoms. The van der Waals surface area contributed by atoms with Gasteiger partial charge in [-0.1, -0.05) is 0 Å². The lowest BCUT2D eigenvalue weighted by atomic mass is 10.2. The van der Waals surface area contributed by atoms with E-state index >= 15 is 0 Å². The Morgan fingerprint density at radius 3 is 2.79 bits per heavy atom. The number of hydrogen-bond acceptors (Lipinski definition) is 2. The van der Waals surface area contributed by atoms with Crippen LogP contribution >= 0.6 is 0 Å². The molecular weight excluding hydrogens is 178 g/mol. The molecule has 2 amide bonds. The van der Waals surface area contributed by atoms with E-state index in [1.807, 2.05) is 23.9 Å². The van der Waals surface area contributed by atoms with E-state index in [2.05, 4.69) is 5.32 Å². The Hall–Kier alpha value is -0.770. The molecule has 1 unspecified atom stereocenters. The van der Waals surface area contributed by atoms with Gasteiger partial charge in [-0.3, -0.25) is 0 Å². The van der Waals surface area contributed by atoms with Gasteiger partial charge in [0, 0.05) is 19.6 Å². The number of amides is 2. The molecule has 1 heterocycles. The second-order valence-electron chi connectivity index (χ2n) is 4.32. The number of rotatable bonds is 4. The van der Waals surface area contributed by atoms with Crippen LogP contribution in [0.3, 0.4) is 0 Å². The molecule has 0 spiro atoms. The van der Waals surface area contributed by atoms with E-state index < -0.39 is 0 Å². The van der Waals surface area contributed by atoms with Crippen molar-refractivity contribution in [2.24, 2.45) is 0 Å². The van der Waals surface area contributed by atoms with Crippen molar-refractivity contribution >= 4 is 6.03 Å². The first-order valence-electron chi connectivity index (χ1n) is 5.42. The molecule has 1 atom stereocenters. The summed E-state index contributed by atoms with van der Waals surface area (Å²) in [5, 5.41) is 3.13. The van der Waals surface area contributed by atoms with Crippen LogP contribution in [-0.2, 0) is 0 Å². The second kappa shape index (κ2) is 3.77. The van der Waals surface area contributed by atoms with Crippen molar-refractivity contribution in [3.63, 3.8) is 0 Å². The van der Waals surface area contributed by atoms with E-state index in [0.29, 0.717) is 12.1 Å². The van der Waals surface area contributed by atoms with Crippen LogP contribution in [0.5, 0.6) is 0 Å². The number of carbonyl (C=O) groups excluding carboxylic acids is 1. The summed E-state index contributed by atoms with van der Waals surface area (Å²) in [6, 6.07) is 1.20. The molecule has 1 aliphatic carbocycles. The zero-order valence-electron chi connectivity index (χ0n) is 8.99. The second-order valence-corrected chi connectivity index (χ2v) is 4.32. The molecule has 0 aromatic heterocycles. The van der Waals surface area contributed by atoms with Crippen molar-refractivity contribution in [3.8, 4) is 0 Å². The summed E-state index contributed by atoms with van der Waals surface area (Å²) in [5.41, 5.74) is 0. The van der Waals surface area contributed by atoms with Crippen LogP contribution in [0, 0.1) is 0 Å². The predicted octanol–water partition coefficient (Wildman–Crippen LogP) is 0.494. The van der Waals surface area contributed by atoms with Gasteiger partial charge in [-0.15, -0.1) is 0 Å². The highest BCUT2D eigenvalue weighted by molar-refractivity contribution is 5.77. The number of carbonyl (C=O) groups is 1. The molecule has 2 fully saturated rings. The van der Waals surface area contributed by atoms with Gasteiger partial charge < -0.3 is 15.1 Å². The molecule has 2 aliphatic rings. The van der Waals surface area contributed by atoms with Crippen molar-refractivity contribution in [2.45, 2.75) is 31.3 Å². The summed E-state index contributed by atoms with van der Waals surface area (Å²) < 4.78 is 0. The smallest absolute Gasteiger partial charge is 0.320 e. The van der Waals surface area contributed by atoms with Gasteiger partial charge in [-0.25, -0.2) is 4.79 Å². The average molecular weight is 197 g/mol. The van der Waals surface area contributed by atoms with Gasteiger partial charge in [0.1, 0.15) is 0 Å². The lowest BCUT2D eigenvalue weighted by Crippen LogP contribution is -2.33. The lowest BCUT2D eigenvalue weighted by molar-refractivity contribution is 0.193. The number of urea groups is 1. The summed E-state index contributed by atoms with van der Waals surface area (Å²) >= 11 is 0. The van der Waals surface area contributed by atoms with Crippen molar-refractivity contribution in [2.75, 3.05) is 27.2 Å². The number of nitrogens with one attached hydrogen (secondary N) is 1. The summed E-state index contributed by atoms with van der Waals surface area (Å²) in [5.74, 6) is 0. The highest BCUT2D eigenvalue weighted by Crippen LogP contribution is 2.31. The van der Waals surface area contributed by atoms with E-state index in [9.17, 15) is 4.79 Å². The summed E-state index contributed by atoms with van der Waals surface area (Å²) in [6.45, 7) is 1.92. The monoisotopic (exact) mass is 197 g/mol. The first-order chi connectivity index (χ1) is 6.74. The zero-order valence-corrected chi connectivity index (χ0v) is 8.99. The van der Waals surface area contributed by atoms with Gasteiger partial charge in [-0.05, 0) is 32.9 Å². The van der Waals surface area contributed by atoms with Crippen molar-refractivity contribution in [1.82, 2.24) is 15.1 Å². The third-order valence-corrected chi connectivity index (χ3v) is 3.22. The van der Waals surface area contributed by atoms with Crippen LogP contribution in [0.2, 0.25) is 0 Å². The molecule has 2 rings (SSSR count). The Morgan fingerprint density at radius 2 is 2.21 bits per heavy atom. The largest absolute Gasteiger partial charge is 0.323 e. The van der Waals surface area contributed by atoms with Gasteiger partial charge in [-0.2, -0.15) is 0 Å². The van der Waals surface area contributed by atoms with Gasteiger partial charge >= 0.3 is 6.03 Å². The molecule has 0 radical (unpaired) electrons. The molecular formula is C10H19N3O. The van der Waals surface area contributed by atoms with Gasteiger partial charge in [0.15, 0.2) is 0 Å². The Morgan fingerprint density at radius 1 is 1.50 bits per heavy atom. The third kappa shape index (κ3) is 1.71. The molecule has 1 N–H and O–H groups in total.